The van der Waals surface area contributed by atoms with Gasteiger partial charge in [0.05, 0.1) is 0 Å². The van der Waals surface area contributed by atoms with Crippen LogP contribution < -0.4 is 0 Å². The number of piperidine rings is 1. The van der Waals surface area contributed by atoms with Gasteiger partial charge in [-0.1, -0.05) is 25.9 Å². The lowest BCUT2D eigenvalue weighted by atomic mass is 9.71. The fraction of sp³-hybridized carbons (Fsp3) is 0.810. The summed E-state index contributed by atoms with van der Waals surface area (Å²) in [6.07, 6.45) is 6.37. The molecule has 1 aliphatic heterocycles. The van der Waals surface area contributed by atoms with Gasteiger partial charge in [0.1, 0.15) is 5.76 Å². The van der Waals surface area contributed by atoms with Gasteiger partial charge in [0.15, 0.2) is 5.69 Å². The number of fused-ring (bicyclic) bond motifs is 1. The molecule has 146 valence electrons. The standard InChI is InChI=1S/C21H35N3O2/c1-21(2,3)16-6-7-18-17(14-16)19(22-26-18)20(25)24-12-9-15(10-13-24)8-11-23(4)5/h15-16H,6-14H2,1-5H3/t16-/m0/s1. The Morgan fingerprint density at radius 1 is 1.23 bits per heavy atom. The van der Waals surface area contributed by atoms with Gasteiger partial charge < -0.3 is 14.3 Å². The lowest BCUT2D eigenvalue weighted by Crippen LogP contribution is -2.39. The first-order valence-corrected chi connectivity index (χ1v) is 10.2. The number of carbonyl (C=O) groups is 1. The zero-order valence-electron chi connectivity index (χ0n) is 17.2. The van der Waals surface area contributed by atoms with Crippen LogP contribution in [0.15, 0.2) is 4.52 Å². The van der Waals surface area contributed by atoms with Crippen LogP contribution in [0, 0.1) is 17.3 Å². The van der Waals surface area contributed by atoms with Crippen molar-refractivity contribution < 1.29 is 9.32 Å². The van der Waals surface area contributed by atoms with Gasteiger partial charge in [-0.2, -0.15) is 0 Å². The second kappa shape index (κ2) is 7.71. The number of hydrogen-bond acceptors (Lipinski definition) is 4. The molecule has 5 nitrogen and oxygen atoms in total. The van der Waals surface area contributed by atoms with Gasteiger partial charge in [-0.3, -0.25) is 4.79 Å². The van der Waals surface area contributed by atoms with Gasteiger partial charge in [0.25, 0.3) is 5.91 Å². The molecule has 1 saturated heterocycles. The molecule has 2 heterocycles. The van der Waals surface area contributed by atoms with Gasteiger partial charge in [0, 0.05) is 25.1 Å². The Morgan fingerprint density at radius 3 is 2.54 bits per heavy atom. The lowest BCUT2D eigenvalue weighted by molar-refractivity contribution is 0.0671. The fourth-order valence-corrected chi connectivity index (χ4v) is 4.33. The Kier molecular flexibility index (Phi) is 5.75. The zero-order chi connectivity index (χ0) is 18.9. The van der Waals surface area contributed by atoms with E-state index in [0.29, 0.717) is 11.6 Å². The Hall–Kier alpha value is -1.36. The quantitative estimate of drug-likeness (QED) is 0.822. The van der Waals surface area contributed by atoms with Gasteiger partial charge in [-0.15, -0.1) is 0 Å². The van der Waals surface area contributed by atoms with E-state index in [1.165, 1.54) is 6.42 Å². The highest BCUT2D eigenvalue weighted by atomic mass is 16.5. The monoisotopic (exact) mass is 361 g/mol. The molecule has 1 aromatic rings. The van der Waals surface area contributed by atoms with E-state index in [2.05, 4.69) is 44.9 Å². The summed E-state index contributed by atoms with van der Waals surface area (Å²) < 4.78 is 5.54. The van der Waals surface area contributed by atoms with Gasteiger partial charge >= 0.3 is 0 Å². The van der Waals surface area contributed by atoms with Crippen LogP contribution in [0.2, 0.25) is 0 Å². The summed E-state index contributed by atoms with van der Waals surface area (Å²) in [5, 5.41) is 4.20. The van der Waals surface area contributed by atoms with Crippen molar-refractivity contribution in [2.24, 2.45) is 17.3 Å². The molecule has 0 aromatic carbocycles. The fourth-order valence-electron chi connectivity index (χ4n) is 4.33. The Labute approximate surface area is 158 Å². The van der Waals surface area contributed by atoms with Crippen LogP contribution in [-0.2, 0) is 12.8 Å². The molecule has 26 heavy (non-hydrogen) atoms. The van der Waals surface area contributed by atoms with E-state index >= 15 is 0 Å². The van der Waals surface area contributed by atoms with E-state index in [-0.39, 0.29) is 11.3 Å². The maximum Gasteiger partial charge on any atom is 0.276 e. The molecule has 1 aromatic heterocycles. The molecular formula is C21H35N3O2. The van der Waals surface area contributed by atoms with E-state index < -0.39 is 0 Å². The number of hydrogen-bond donors (Lipinski definition) is 0. The van der Waals surface area contributed by atoms with Crippen molar-refractivity contribution in [1.82, 2.24) is 15.0 Å². The number of carbonyl (C=O) groups excluding carboxylic acids is 1. The minimum absolute atomic E-state index is 0.0793. The number of nitrogens with zero attached hydrogens (tertiary/aromatic N) is 3. The first-order valence-electron chi connectivity index (χ1n) is 10.2. The summed E-state index contributed by atoms with van der Waals surface area (Å²) >= 11 is 0. The third-order valence-corrected chi connectivity index (χ3v) is 6.35. The molecule has 1 atom stereocenters. The SMILES string of the molecule is CN(C)CCC1CCN(C(=O)c2noc3c2C[C@@H](C(C)(C)C)CC3)CC1. The molecule has 0 bridgehead atoms. The predicted octanol–water partition coefficient (Wildman–Crippen LogP) is 3.63. The number of likely N-dealkylation sites (tertiary alicyclic amines) is 1. The minimum atomic E-state index is 0.0793. The van der Waals surface area contributed by atoms with Crippen molar-refractivity contribution in [2.75, 3.05) is 33.7 Å². The first-order chi connectivity index (χ1) is 12.3. The average Bonchev–Trinajstić information content (AvgIpc) is 3.02. The van der Waals surface area contributed by atoms with Crippen molar-refractivity contribution >= 4 is 5.91 Å². The van der Waals surface area contributed by atoms with E-state index in [9.17, 15) is 4.79 Å². The van der Waals surface area contributed by atoms with Crippen LogP contribution in [0.4, 0.5) is 0 Å². The molecule has 0 spiro atoms. The van der Waals surface area contributed by atoms with Crippen molar-refractivity contribution in [3.8, 4) is 0 Å². The third-order valence-electron chi connectivity index (χ3n) is 6.35. The highest BCUT2D eigenvalue weighted by Gasteiger charge is 2.35. The highest BCUT2D eigenvalue weighted by Crippen LogP contribution is 2.38. The molecule has 1 aliphatic carbocycles. The predicted molar refractivity (Wildman–Crippen MR) is 103 cm³/mol. The summed E-state index contributed by atoms with van der Waals surface area (Å²) in [7, 11) is 4.24. The summed E-state index contributed by atoms with van der Waals surface area (Å²) in [5.41, 5.74) is 1.91. The normalized spacial score (nSPS) is 21.9. The summed E-state index contributed by atoms with van der Waals surface area (Å²) in [4.78, 5) is 17.3. The van der Waals surface area contributed by atoms with Crippen LogP contribution >= 0.6 is 0 Å². The molecule has 3 rings (SSSR count). The third kappa shape index (κ3) is 4.30. The van der Waals surface area contributed by atoms with Crippen LogP contribution in [0.25, 0.3) is 0 Å². The molecular weight excluding hydrogens is 326 g/mol. The number of amides is 1. The number of aromatic nitrogens is 1. The number of aryl methyl sites for hydroxylation is 1. The van der Waals surface area contributed by atoms with Crippen molar-refractivity contribution in [1.29, 1.82) is 0 Å². The second-order valence-corrected chi connectivity index (χ2v) is 9.57. The van der Waals surface area contributed by atoms with Crippen LogP contribution in [0.5, 0.6) is 0 Å². The zero-order valence-corrected chi connectivity index (χ0v) is 17.2. The summed E-state index contributed by atoms with van der Waals surface area (Å²) in [6, 6.07) is 0. The Bertz CT molecular complexity index is 622. The van der Waals surface area contributed by atoms with E-state index in [0.717, 1.165) is 69.0 Å². The molecule has 0 saturated carbocycles. The Balaban J connectivity index is 1.63. The summed E-state index contributed by atoms with van der Waals surface area (Å²) in [5.74, 6) is 2.33. The largest absolute Gasteiger partial charge is 0.360 e. The van der Waals surface area contributed by atoms with E-state index in [1.54, 1.807) is 0 Å². The van der Waals surface area contributed by atoms with Gasteiger partial charge in [-0.25, -0.2) is 0 Å². The van der Waals surface area contributed by atoms with Crippen molar-refractivity contribution in [3.63, 3.8) is 0 Å². The highest BCUT2D eigenvalue weighted by molar-refractivity contribution is 5.94. The van der Waals surface area contributed by atoms with E-state index in [4.69, 9.17) is 4.52 Å². The maximum atomic E-state index is 13.1. The van der Waals surface area contributed by atoms with Crippen LogP contribution in [0.3, 0.4) is 0 Å². The lowest BCUT2D eigenvalue weighted by Gasteiger charge is -2.34. The molecule has 1 amide bonds. The van der Waals surface area contributed by atoms with Crippen molar-refractivity contribution in [3.05, 3.63) is 17.0 Å². The minimum Gasteiger partial charge on any atom is -0.360 e. The first kappa shape index (κ1) is 19.4. The van der Waals surface area contributed by atoms with Crippen LogP contribution in [0.1, 0.15) is 68.3 Å². The average molecular weight is 362 g/mol. The molecule has 0 unspecified atom stereocenters. The second-order valence-electron chi connectivity index (χ2n) is 9.57. The van der Waals surface area contributed by atoms with Gasteiger partial charge in [0.2, 0.25) is 0 Å². The maximum absolute atomic E-state index is 13.1. The van der Waals surface area contributed by atoms with E-state index in [1.807, 2.05) is 4.90 Å². The number of rotatable bonds is 4. The molecule has 2 aliphatic rings. The van der Waals surface area contributed by atoms with Gasteiger partial charge in [-0.05, 0) is 70.0 Å². The smallest absolute Gasteiger partial charge is 0.276 e. The van der Waals surface area contributed by atoms with Crippen LogP contribution in [-0.4, -0.2) is 54.6 Å². The van der Waals surface area contributed by atoms with Crippen molar-refractivity contribution in [2.45, 2.75) is 59.3 Å². The molecule has 0 radical (unpaired) electrons. The topological polar surface area (TPSA) is 49.6 Å². The molecule has 5 heteroatoms. The molecule has 1 fully saturated rings. The Morgan fingerprint density at radius 2 is 1.92 bits per heavy atom. The molecule has 0 N–H and O–H groups in total. The summed E-state index contributed by atoms with van der Waals surface area (Å²) in [6.45, 7) is 9.69.